The van der Waals surface area contributed by atoms with Crippen LogP contribution in [0.15, 0.2) is 60.8 Å². The number of hydrogen-bond donors (Lipinski definition) is 0. The van der Waals surface area contributed by atoms with Gasteiger partial charge in [-0.25, -0.2) is 22.2 Å². The highest BCUT2D eigenvalue weighted by atomic mass is 32.2. The fourth-order valence-electron chi connectivity index (χ4n) is 2.56. The van der Waals surface area contributed by atoms with Gasteiger partial charge in [-0.15, -0.1) is 0 Å². The van der Waals surface area contributed by atoms with Crippen LogP contribution in [0, 0.1) is 17.6 Å². The highest BCUT2D eigenvalue weighted by Crippen LogP contribution is 2.29. The summed E-state index contributed by atoms with van der Waals surface area (Å²) in [5.41, 5.74) is 0.403. The Morgan fingerprint density at radius 1 is 1.03 bits per heavy atom. The third-order valence-electron chi connectivity index (χ3n) is 4.10. The van der Waals surface area contributed by atoms with Crippen LogP contribution in [0.1, 0.15) is 12.5 Å². The molecule has 3 aromatic rings. The van der Waals surface area contributed by atoms with Gasteiger partial charge in [-0.3, -0.25) is 4.31 Å². The molecule has 0 aliphatic heterocycles. The molecule has 0 unspecified atom stereocenters. The van der Waals surface area contributed by atoms with E-state index in [-0.39, 0.29) is 35.0 Å². The number of aromatic nitrogens is 1. The lowest BCUT2D eigenvalue weighted by atomic mass is 10.2. The molecule has 0 bridgehead atoms. The van der Waals surface area contributed by atoms with Crippen molar-refractivity contribution in [2.45, 2.75) is 13.5 Å². The van der Waals surface area contributed by atoms with Crippen molar-refractivity contribution < 1.29 is 26.3 Å². The highest BCUT2D eigenvalue weighted by molar-refractivity contribution is 7.92. The fourth-order valence-corrected chi connectivity index (χ4v) is 3.65. The quantitative estimate of drug-likeness (QED) is 0.520. The lowest BCUT2D eigenvalue weighted by molar-refractivity contribution is 0.437. The number of halogens is 3. The van der Waals surface area contributed by atoms with Crippen molar-refractivity contribution in [1.29, 1.82) is 0 Å². The monoisotopic (exact) mass is 422 g/mol. The van der Waals surface area contributed by atoms with Gasteiger partial charge in [0.05, 0.1) is 18.0 Å². The number of rotatable bonds is 7. The van der Waals surface area contributed by atoms with Crippen LogP contribution in [0.5, 0.6) is 11.5 Å². The Morgan fingerprint density at radius 3 is 2.38 bits per heavy atom. The first-order chi connectivity index (χ1) is 13.8. The van der Waals surface area contributed by atoms with E-state index in [1.54, 1.807) is 0 Å². The van der Waals surface area contributed by atoms with Crippen molar-refractivity contribution in [3.63, 3.8) is 0 Å². The summed E-state index contributed by atoms with van der Waals surface area (Å²) in [5.74, 6) is -2.48. The molecule has 0 atom stereocenters. The number of pyridine rings is 1. The first kappa shape index (κ1) is 20.7. The summed E-state index contributed by atoms with van der Waals surface area (Å²) in [7, 11) is -3.72. The zero-order valence-electron chi connectivity index (χ0n) is 15.3. The number of benzene rings is 2. The van der Waals surface area contributed by atoms with Crippen molar-refractivity contribution in [1.82, 2.24) is 4.98 Å². The molecule has 0 saturated heterocycles. The zero-order chi connectivity index (χ0) is 21.0. The molecule has 1 aromatic heterocycles. The van der Waals surface area contributed by atoms with Gasteiger partial charge >= 0.3 is 0 Å². The van der Waals surface area contributed by atoms with Crippen molar-refractivity contribution in [3.05, 3.63) is 83.9 Å². The second-order valence-electron chi connectivity index (χ2n) is 6.03. The van der Waals surface area contributed by atoms with E-state index in [9.17, 15) is 21.6 Å². The third-order valence-corrected chi connectivity index (χ3v) is 5.84. The van der Waals surface area contributed by atoms with E-state index in [1.165, 1.54) is 49.5 Å². The maximum Gasteiger partial charge on any atom is 0.235 e. The van der Waals surface area contributed by atoms with Gasteiger partial charge in [-0.2, -0.15) is 4.39 Å². The van der Waals surface area contributed by atoms with Crippen LogP contribution in [-0.2, 0) is 16.6 Å². The molecule has 2 aromatic carbocycles. The minimum atomic E-state index is -3.72. The molecule has 9 heteroatoms. The predicted molar refractivity (Wildman–Crippen MR) is 103 cm³/mol. The number of sulfonamides is 1. The standard InChI is InChI=1S/C20H17F3N2O3S/c1-2-29(26,27)25(13-14-4-3-11-24-20(14)23)16-6-8-17(9-7-16)28-19-10-5-15(21)12-18(19)22/h3-12H,2,13H2,1H3. The van der Waals surface area contributed by atoms with Crippen LogP contribution in [0.4, 0.5) is 18.9 Å². The van der Waals surface area contributed by atoms with E-state index < -0.39 is 27.6 Å². The van der Waals surface area contributed by atoms with Gasteiger partial charge in [-0.1, -0.05) is 6.07 Å². The van der Waals surface area contributed by atoms with Crippen LogP contribution in [0.2, 0.25) is 0 Å². The van der Waals surface area contributed by atoms with Gasteiger partial charge in [0, 0.05) is 17.8 Å². The van der Waals surface area contributed by atoms with E-state index >= 15 is 0 Å². The van der Waals surface area contributed by atoms with Crippen LogP contribution < -0.4 is 9.04 Å². The first-order valence-corrected chi connectivity index (χ1v) is 10.2. The van der Waals surface area contributed by atoms with E-state index in [0.29, 0.717) is 6.07 Å². The highest BCUT2D eigenvalue weighted by Gasteiger charge is 2.22. The number of nitrogens with zero attached hydrogens (tertiary/aromatic N) is 2. The Hall–Kier alpha value is -3.07. The Labute approximate surface area is 166 Å². The smallest absolute Gasteiger partial charge is 0.235 e. The van der Waals surface area contributed by atoms with Crippen LogP contribution in [0.25, 0.3) is 0 Å². The largest absolute Gasteiger partial charge is 0.454 e. The molecule has 0 aliphatic carbocycles. The Bertz CT molecular complexity index is 1110. The summed E-state index contributed by atoms with van der Waals surface area (Å²) >= 11 is 0. The van der Waals surface area contributed by atoms with E-state index in [0.717, 1.165) is 16.4 Å². The molecule has 5 nitrogen and oxygen atoms in total. The Morgan fingerprint density at radius 2 is 1.76 bits per heavy atom. The normalized spacial score (nSPS) is 11.3. The topological polar surface area (TPSA) is 59.5 Å². The summed E-state index contributed by atoms with van der Waals surface area (Å²) in [6, 6.07) is 11.7. The summed E-state index contributed by atoms with van der Waals surface area (Å²) in [6.07, 6.45) is 1.28. The number of hydrogen-bond acceptors (Lipinski definition) is 4. The molecule has 0 radical (unpaired) electrons. The van der Waals surface area contributed by atoms with E-state index in [1.807, 2.05) is 0 Å². The Kier molecular flexibility index (Phi) is 6.07. The molecule has 0 aliphatic rings. The molecule has 3 rings (SSSR count). The molecule has 0 fully saturated rings. The average Bonchev–Trinajstić information content (AvgIpc) is 2.70. The molecular weight excluding hydrogens is 405 g/mol. The average molecular weight is 422 g/mol. The van der Waals surface area contributed by atoms with Gasteiger partial charge in [0.1, 0.15) is 11.6 Å². The van der Waals surface area contributed by atoms with Gasteiger partial charge < -0.3 is 4.74 Å². The molecule has 1 heterocycles. The first-order valence-electron chi connectivity index (χ1n) is 8.63. The van der Waals surface area contributed by atoms with Gasteiger partial charge in [0.2, 0.25) is 16.0 Å². The maximum absolute atomic E-state index is 13.9. The van der Waals surface area contributed by atoms with Gasteiger partial charge in [0.15, 0.2) is 11.6 Å². The minimum Gasteiger partial charge on any atom is -0.454 e. The van der Waals surface area contributed by atoms with E-state index in [2.05, 4.69) is 4.98 Å². The zero-order valence-corrected chi connectivity index (χ0v) is 16.2. The van der Waals surface area contributed by atoms with Crippen molar-refractivity contribution >= 4 is 15.7 Å². The summed E-state index contributed by atoms with van der Waals surface area (Å²) in [5, 5.41) is 0. The SMILES string of the molecule is CCS(=O)(=O)N(Cc1cccnc1F)c1ccc(Oc2ccc(F)cc2F)cc1. The number of ether oxygens (including phenoxy) is 1. The molecule has 0 N–H and O–H groups in total. The summed E-state index contributed by atoms with van der Waals surface area (Å²) in [4.78, 5) is 3.54. The molecule has 0 amide bonds. The van der Waals surface area contributed by atoms with Crippen molar-refractivity contribution in [2.24, 2.45) is 0 Å². The minimum absolute atomic E-state index is 0.123. The van der Waals surface area contributed by atoms with E-state index in [4.69, 9.17) is 4.74 Å². The fraction of sp³-hybridized carbons (Fsp3) is 0.150. The Balaban J connectivity index is 1.88. The summed E-state index contributed by atoms with van der Waals surface area (Å²) < 4.78 is 72.1. The lowest BCUT2D eigenvalue weighted by Gasteiger charge is -2.24. The van der Waals surface area contributed by atoms with Crippen molar-refractivity contribution in [3.8, 4) is 11.5 Å². The van der Waals surface area contributed by atoms with Crippen LogP contribution in [-0.4, -0.2) is 19.2 Å². The maximum atomic E-state index is 13.9. The molecule has 152 valence electrons. The second kappa shape index (κ2) is 8.52. The van der Waals surface area contributed by atoms with Crippen molar-refractivity contribution in [2.75, 3.05) is 10.1 Å². The number of anilines is 1. The van der Waals surface area contributed by atoms with Crippen LogP contribution in [0.3, 0.4) is 0 Å². The lowest BCUT2D eigenvalue weighted by Crippen LogP contribution is -2.32. The molecule has 0 saturated carbocycles. The molecular formula is C20H17F3N2O3S. The molecule has 29 heavy (non-hydrogen) atoms. The third kappa shape index (κ3) is 4.86. The predicted octanol–water partition coefficient (Wildman–Crippen LogP) is 4.65. The molecule has 0 spiro atoms. The summed E-state index contributed by atoms with van der Waals surface area (Å²) in [6.45, 7) is 1.25. The second-order valence-corrected chi connectivity index (χ2v) is 8.21. The van der Waals surface area contributed by atoms with Gasteiger partial charge in [-0.05, 0) is 49.4 Å². The van der Waals surface area contributed by atoms with Crippen LogP contribution >= 0.6 is 0 Å². The van der Waals surface area contributed by atoms with Gasteiger partial charge in [0.25, 0.3) is 0 Å².